The fourth-order valence-electron chi connectivity index (χ4n) is 3.04. The number of hydrogen-bond acceptors (Lipinski definition) is 3. The van der Waals surface area contributed by atoms with E-state index in [9.17, 15) is 14.0 Å². The minimum atomic E-state index is -0.300. The van der Waals surface area contributed by atoms with E-state index < -0.39 is 0 Å². The molecule has 0 aliphatic carbocycles. The van der Waals surface area contributed by atoms with Gasteiger partial charge in [0.2, 0.25) is 11.8 Å². The maximum atomic E-state index is 13.2. The highest BCUT2D eigenvalue weighted by molar-refractivity contribution is 5.88. The van der Waals surface area contributed by atoms with Gasteiger partial charge in [-0.05, 0) is 37.1 Å². The molecule has 6 heteroatoms. The second kappa shape index (κ2) is 6.44. The van der Waals surface area contributed by atoms with Gasteiger partial charge in [0.15, 0.2) is 0 Å². The summed E-state index contributed by atoms with van der Waals surface area (Å²) in [6.45, 7) is 2.41. The van der Waals surface area contributed by atoms with E-state index in [0.717, 1.165) is 24.9 Å². The Morgan fingerprint density at radius 2 is 2.23 bits per heavy atom. The third-order valence-corrected chi connectivity index (χ3v) is 4.25. The van der Waals surface area contributed by atoms with Crippen LogP contribution >= 0.6 is 0 Å². The molecule has 0 aromatic heterocycles. The van der Waals surface area contributed by atoms with Crippen molar-refractivity contribution in [1.29, 1.82) is 0 Å². The first-order valence-corrected chi connectivity index (χ1v) is 7.68. The molecule has 118 valence electrons. The molecule has 1 atom stereocenters. The van der Waals surface area contributed by atoms with Crippen LogP contribution in [0.3, 0.4) is 0 Å². The largest absolute Gasteiger partial charge is 0.335 e. The van der Waals surface area contributed by atoms with Gasteiger partial charge in [0.05, 0.1) is 12.6 Å². The molecular weight excluding hydrogens is 285 g/mol. The van der Waals surface area contributed by atoms with Gasteiger partial charge in [0.25, 0.3) is 0 Å². The second-order valence-corrected chi connectivity index (χ2v) is 5.85. The molecule has 1 N–H and O–H groups in total. The van der Waals surface area contributed by atoms with E-state index in [0.29, 0.717) is 19.6 Å². The van der Waals surface area contributed by atoms with Gasteiger partial charge in [-0.2, -0.15) is 0 Å². The summed E-state index contributed by atoms with van der Waals surface area (Å²) in [6.07, 6.45) is 1.85. The first kappa shape index (κ1) is 15.0. The number of carbonyl (C=O) groups excluding carboxylic acids is 2. The van der Waals surface area contributed by atoms with Crippen molar-refractivity contribution in [2.45, 2.75) is 25.4 Å². The van der Waals surface area contributed by atoms with Gasteiger partial charge in [-0.15, -0.1) is 0 Å². The molecule has 0 radical (unpaired) electrons. The molecule has 1 aromatic carbocycles. The average Bonchev–Trinajstić information content (AvgIpc) is 3.03. The second-order valence-electron chi connectivity index (χ2n) is 5.85. The van der Waals surface area contributed by atoms with Crippen LogP contribution in [0.25, 0.3) is 0 Å². The predicted octanol–water partition coefficient (Wildman–Crippen LogP) is 0.748. The van der Waals surface area contributed by atoms with Crippen LogP contribution < -0.4 is 5.32 Å². The Morgan fingerprint density at radius 1 is 1.36 bits per heavy atom. The molecule has 1 unspecified atom stereocenters. The minimum Gasteiger partial charge on any atom is -0.335 e. The van der Waals surface area contributed by atoms with Gasteiger partial charge in [-0.1, -0.05) is 12.1 Å². The van der Waals surface area contributed by atoms with Crippen LogP contribution in [0.5, 0.6) is 0 Å². The van der Waals surface area contributed by atoms with Gasteiger partial charge in [-0.25, -0.2) is 4.39 Å². The number of benzene rings is 1. The van der Waals surface area contributed by atoms with Crippen LogP contribution in [0.4, 0.5) is 4.39 Å². The fourth-order valence-corrected chi connectivity index (χ4v) is 3.04. The van der Waals surface area contributed by atoms with Gasteiger partial charge >= 0.3 is 0 Å². The summed E-state index contributed by atoms with van der Waals surface area (Å²) in [5, 5.41) is 3.17. The molecule has 0 bridgehead atoms. The molecular formula is C16H20FN3O2. The number of amides is 2. The molecule has 0 spiro atoms. The SMILES string of the molecule is O=C1CN(C(=O)C2CCCN2)CCN1Cc1cccc(F)c1. The average molecular weight is 305 g/mol. The van der Waals surface area contributed by atoms with Crippen molar-refractivity contribution in [1.82, 2.24) is 15.1 Å². The Labute approximate surface area is 129 Å². The van der Waals surface area contributed by atoms with Crippen molar-refractivity contribution in [3.05, 3.63) is 35.6 Å². The maximum Gasteiger partial charge on any atom is 0.242 e. The highest BCUT2D eigenvalue weighted by Gasteiger charge is 2.32. The third kappa shape index (κ3) is 3.27. The molecule has 2 fully saturated rings. The van der Waals surface area contributed by atoms with Crippen LogP contribution in [0.2, 0.25) is 0 Å². The lowest BCUT2D eigenvalue weighted by Crippen LogP contribution is -2.55. The lowest BCUT2D eigenvalue weighted by molar-refractivity contribution is -0.146. The van der Waals surface area contributed by atoms with Crippen molar-refractivity contribution in [2.75, 3.05) is 26.2 Å². The lowest BCUT2D eigenvalue weighted by Gasteiger charge is -2.35. The van der Waals surface area contributed by atoms with Gasteiger partial charge in [0, 0.05) is 19.6 Å². The summed E-state index contributed by atoms with van der Waals surface area (Å²) in [5.41, 5.74) is 0.769. The van der Waals surface area contributed by atoms with Crippen LogP contribution in [-0.2, 0) is 16.1 Å². The number of halogens is 1. The van der Waals surface area contributed by atoms with E-state index in [2.05, 4.69) is 5.32 Å². The number of hydrogen-bond donors (Lipinski definition) is 1. The Kier molecular flexibility index (Phi) is 4.38. The van der Waals surface area contributed by atoms with Gasteiger partial charge in [-0.3, -0.25) is 9.59 Å². The van der Waals surface area contributed by atoms with E-state index >= 15 is 0 Å². The van der Waals surface area contributed by atoms with Crippen LogP contribution in [0, 0.1) is 5.82 Å². The molecule has 5 nitrogen and oxygen atoms in total. The number of nitrogens with one attached hydrogen (secondary N) is 1. The number of carbonyl (C=O) groups is 2. The van der Waals surface area contributed by atoms with Crippen LogP contribution in [-0.4, -0.2) is 53.8 Å². The number of nitrogens with zero attached hydrogens (tertiary/aromatic N) is 2. The van der Waals surface area contributed by atoms with Gasteiger partial charge in [0.1, 0.15) is 5.82 Å². The topological polar surface area (TPSA) is 52.7 Å². The van der Waals surface area contributed by atoms with Gasteiger partial charge < -0.3 is 15.1 Å². The van der Waals surface area contributed by atoms with Crippen molar-refractivity contribution in [3.8, 4) is 0 Å². The van der Waals surface area contributed by atoms with E-state index in [4.69, 9.17) is 0 Å². The Hall–Kier alpha value is -1.95. The smallest absolute Gasteiger partial charge is 0.242 e. The molecule has 0 saturated carbocycles. The normalized spacial score (nSPS) is 22.2. The highest BCUT2D eigenvalue weighted by Crippen LogP contribution is 2.14. The zero-order valence-corrected chi connectivity index (χ0v) is 12.4. The first-order chi connectivity index (χ1) is 10.6. The molecule has 3 rings (SSSR count). The summed E-state index contributed by atoms with van der Waals surface area (Å²) in [4.78, 5) is 27.8. The van der Waals surface area contributed by atoms with Crippen molar-refractivity contribution in [2.24, 2.45) is 0 Å². The van der Waals surface area contributed by atoms with Crippen molar-refractivity contribution < 1.29 is 14.0 Å². The quantitative estimate of drug-likeness (QED) is 0.896. The summed E-state index contributed by atoms with van der Waals surface area (Å²) >= 11 is 0. The molecule has 2 heterocycles. The number of rotatable bonds is 3. The monoisotopic (exact) mass is 305 g/mol. The lowest BCUT2D eigenvalue weighted by atomic mass is 10.1. The minimum absolute atomic E-state index is 0.0243. The third-order valence-electron chi connectivity index (χ3n) is 4.25. The molecule has 22 heavy (non-hydrogen) atoms. The van der Waals surface area contributed by atoms with E-state index in [1.54, 1.807) is 21.9 Å². The van der Waals surface area contributed by atoms with Crippen molar-refractivity contribution in [3.63, 3.8) is 0 Å². The summed E-state index contributed by atoms with van der Waals surface area (Å²) in [7, 11) is 0. The molecule has 2 saturated heterocycles. The number of piperazine rings is 1. The molecule has 2 aliphatic rings. The van der Waals surface area contributed by atoms with Crippen LogP contribution in [0.1, 0.15) is 18.4 Å². The Morgan fingerprint density at radius 3 is 2.91 bits per heavy atom. The molecule has 2 aliphatic heterocycles. The van der Waals surface area contributed by atoms with Crippen molar-refractivity contribution >= 4 is 11.8 Å². The Balaban J connectivity index is 1.58. The molecule has 2 amide bonds. The Bertz CT molecular complexity index is 572. The zero-order valence-electron chi connectivity index (χ0n) is 12.4. The van der Waals surface area contributed by atoms with E-state index in [-0.39, 0.29) is 30.2 Å². The first-order valence-electron chi connectivity index (χ1n) is 7.68. The summed E-state index contributed by atoms with van der Waals surface area (Å²) in [6, 6.07) is 6.13. The standard InChI is InChI=1S/C16H20FN3O2/c17-13-4-1-3-12(9-13)10-19-7-8-20(11-15(19)21)16(22)14-5-2-6-18-14/h1,3-4,9,14,18H,2,5-8,10-11H2. The highest BCUT2D eigenvalue weighted by atomic mass is 19.1. The maximum absolute atomic E-state index is 13.2. The zero-order chi connectivity index (χ0) is 15.5. The summed E-state index contributed by atoms with van der Waals surface area (Å²) in [5.74, 6) is -0.357. The predicted molar refractivity (Wildman–Crippen MR) is 79.4 cm³/mol. The fraction of sp³-hybridized carbons (Fsp3) is 0.500. The molecule has 1 aromatic rings. The van der Waals surface area contributed by atoms with E-state index in [1.807, 2.05) is 0 Å². The van der Waals surface area contributed by atoms with E-state index in [1.165, 1.54) is 12.1 Å². The summed E-state index contributed by atoms with van der Waals surface area (Å²) < 4.78 is 13.2. The van der Waals surface area contributed by atoms with Crippen LogP contribution in [0.15, 0.2) is 24.3 Å².